The number of hydrogen-bond donors (Lipinski definition) is 1. The molecule has 0 amide bonds. The van der Waals surface area contributed by atoms with E-state index in [4.69, 9.17) is 16.7 Å². The van der Waals surface area contributed by atoms with E-state index in [0.29, 0.717) is 11.4 Å². The molecule has 0 fully saturated rings. The summed E-state index contributed by atoms with van der Waals surface area (Å²) in [4.78, 5) is 22.2. The molecule has 0 saturated carbocycles. The van der Waals surface area contributed by atoms with Gasteiger partial charge in [0.15, 0.2) is 5.78 Å². The highest BCUT2D eigenvalue weighted by Crippen LogP contribution is 2.14. The van der Waals surface area contributed by atoms with Crippen LogP contribution in [0.4, 0.5) is 0 Å². The summed E-state index contributed by atoms with van der Waals surface area (Å²) in [6, 6.07) is 6.99. The third kappa shape index (κ3) is 7.29. The molecule has 0 atom stereocenters. The predicted octanol–water partition coefficient (Wildman–Crippen LogP) is 4.73. The molecule has 0 aliphatic rings. The molecule has 1 aromatic carbocycles. The first-order chi connectivity index (χ1) is 9.59. The van der Waals surface area contributed by atoms with Crippen molar-refractivity contribution in [1.29, 1.82) is 0 Å². The van der Waals surface area contributed by atoms with Crippen molar-refractivity contribution in [1.82, 2.24) is 0 Å². The monoisotopic (exact) mass is 296 g/mol. The molecular weight excluding hydrogens is 276 g/mol. The Morgan fingerprint density at radius 1 is 0.850 bits per heavy atom. The van der Waals surface area contributed by atoms with Crippen LogP contribution in [0.3, 0.4) is 0 Å². The summed E-state index contributed by atoms with van der Waals surface area (Å²) < 4.78 is 0. The Labute approximate surface area is 125 Å². The van der Waals surface area contributed by atoms with Crippen LogP contribution in [0.1, 0.15) is 61.7 Å². The molecule has 1 N–H and O–H groups in total. The van der Waals surface area contributed by atoms with Crippen LogP contribution in [-0.4, -0.2) is 16.9 Å². The summed E-state index contributed by atoms with van der Waals surface area (Å²) in [6.45, 7) is 0. The molecule has 0 unspecified atom stereocenters. The summed E-state index contributed by atoms with van der Waals surface area (Å²) in [5, 5.41) is 9.14. The van der Waals surface area contributed by atoms with Crippen molar-refractivity contribution in [3.05, 3.63) is 34.9 Å². The van der Waals surface area contributed by atoms with Crippen LogP contribution in [-0.2, 0) is 4.79 Å². The second-order valence-electron chi connectivity index (χ2n) is 4.95. The molecule has 0 bridgehead atoms. The third-order valence-electron chi connectivity index (χ3n) is 3.21. The highest BCUT2D eigenvalue weighted by atomic mass is 35.5. The molecule has 3 nitrogen and oxygen atoms in total. The predicted molar refractivity (Wildman–Crippen MR) is 80.4 cm³/mol. The van der Waals surface area contributed by atoms with Crippen molar-refractivity contribution >= 4 is 23.4 Å². The third-order valence-corrected chi connectivity index (χ3v) is 3.46. The second-order valence-corrected chi connectivity index (χ2v) is 5.38. The number of halogens is 1. The Kier molecular flexibility index (Phi) is 7.97. The van der Waals surface area contributed by atoms with E-state index in [9.17, 15) is 9.59 Å². The summed E-state index contributed by atoms with van der Waals surface area (Å²) in [6.07, 6.45) is 6.55. The Bertz CT molecular complexity index is 426. The van der Waals surface area contributed by atoms with E-state index in [1.165, 1.54) is 0 Å². The van der Waals surface area contributed by atoms with Crippen molar-refractivity contribution in [2.24, 2.45) is 0 Å². The van der Waals surface area contributed by atoms with Gasteiger partial charge in [0.2, 0.25) is 0 Å². The van der Waals surface area contributed by atoms with Gasteiger partial charge >= 0.3 is 5.97 Å². The lowest BCUT2D eigenvalue weighted by molar-refractivity contribution is -0.137. The lowest BCUT2D eigenvalue weighted by Gasteiger charge is -2.02. The number of carbonyl (C=O) groups excluding carboxylic acids is 1. The molecule has 20 heavy (non-hydrogen) atoms. The van der Waals surface area contributed by atoms with E-state index >= 15 is 0 Å². The number of benzene rings is 1. The topological polar surface area (TPSA) is 54.4 Å². The molecule has 4 heteroatoms. The summed E-state index contributed by atoms with van der Waals surface area (Å²) in [5.41, 5.74) is 0.718. The fraction of sp³-hybridized carbons (Fsp3) is 0.500. The van der Waals surface area contributed by atoms with Crippen LogP contribution in [0.25, 0.3) is 0 Å². The zero-order chi connectivity index (χ0) is 14.8. The molecule has 0 saturated heterocycles. The van der Waals surface area contributed by atoms with Gasteiger partial charge in [0, 0.05) is 23.4 Å². The standard InChI is InChI=1S/C16H21ClO3/c17-14-11-9-13(10-12-14)15(18)7-5-3-1-2-4-6-8-16(19)20/h9-12H,1-8H2,(H,19,20). The van der Waals surface area contributed by atoms with Gasteiger partial charge < -0.3 is 5.11 Å². The fourth-order valence-electron chi connectivity index (χ4n) is 2.05. The largest absolute Gasteiger partial charge is 0.481 e. The van der Waals surface area contributed by atoms with Gasteiger partial charge in [0.25, 0.3) is 0 Å². The maximum absolute atomic E-state index is 11.9. The molecule has 0 heterocycles. The molecule has 0 aromatic heterocycles. The zero-order valence-corrected chi connectivity index (χ0v) is 12.4. The van der Waals surface area contributed by atoms with Crippen LogP contribution < -0.4 is 0 Å². The first-order valence-corrected chi connectivity index (χ1v) is 7.48. The second kappa shape index (κ2) is 9.54. The van der Waals surface area contributed by atoms with E-state index in [1.807, 2.05) is 0 Å². The Morgan fingerprint density at radius 2 is 1.35 bits per heavy atom. The summed E-state index contributed by atoms with van der Waals surface area (Å²) in [7, 11) is 0. The SMILES string of the molecule is O=C(O)CCCCCCCCC(=O)c1ccc(Cl)cc1. The maximum Gasteiger partial charge on any atom is 0.303 e. The van der Waals surface area contributed by atoms with E-state index in [2.05, 4.69) is 0 Å². The van der Waals surface area contributed by atoms with Crippen LogP contribution in [0, 0.1) is 0 Å². The number of aliphatic carboxylic acids is 1. The van der Waals surface area contributed by atoms with Gasteiger partial charge in [0.05, 0.1) is 0 Å². The van der Waals surface area contributed by atoms with Crippen LogP contribution >= 0.6 is 11.6 Å². The molecule has 0 radical (unpaired) electrons. The number of carboxylic acid groups (broad SMARTS) is 1. The minimum atomic E-state index is -0.724. The molecule has 0 spiro atoms. The first kappa shape index (κ1) is 16.7. The molecule has 1 aromatic rings. The van der Waals surface area contributed by atoms with Crippen molar-refractivity contribution in [2.45, 2.75) is 51.4 Å². The van der Waals surface area contributed by atoms with Crippen LogP contribution in [0.2, 0.25) is 5.02 Å². The minimum Gasteiger partial charge on any atom is -0.481 e. The Morgan fingerprint density at radius 3 is 1.90 bits per heavy atom. The number of unbranched alkanes of at least 4 members (excludes halogenated alkanes) is 5. The number of ketones is 1. The van der Waals surface area contributed by atoms with Gasteiger partial charge in [-0.3, -0.25) is 9.59 Å². The number of rotatable bonds is 10. The van der Waals surface area contributed by atoms with Crippen LogP contribution in [0.5, 0.6) is 0 Å². The van der Waals surface area contributed by atoms with Crippen molar-refractivity contribution in [2.75, 3.05) is 0 Å². The van der Waals surface area contributed by atoms with Gasteiger partial charge in [0.1, 0.15) is 0 Å². The number of hydrogen-bond acceptors (Lipinski definition) is 2. The highest BCUT2D eigenvalue weighted by molar-refractivity contribution is 6.30. The molecule has 0 aliphatic heterocycles. The Balaban J connectivity index is 2.05. The van der Waals surface area contributed by atoms with Gasteiger partial charge in [-0.2, -0.15) is 0 Å². The van der Waals surface area contributed by atoms with Crippen molar-refractivity contribution in [3.63, 3.8) is 0 Å². The van der Waals surface area contributed by atoms with Gasteiger partial charge in [-0.1, -0.05) is 37.3 Å². The average molecular weight is 297 g/mol. The smallest absolute Gasteiger partial charge is 0.303 e. The first-order valence-electron chi connectivity index (χ1n) is 7.10. The summed E-state index contributed by atoms with van der Waals surface area (Å²) >= 11 is 5.78. The van der Waals surface area contributed by atoms with Gasteiger partial charge in [-0.15, -0.1) is 0 Å². The van der Waals surface area contributed by atoms with Crippen molar-refractivity contribution in [3.8, 4) is 0 Å². The molecule has 1 rings (SSSR count). The molecule has 0 aliphatic carbocycles. The van der Waals surface area contributed by atoms with E-state index in [-0.39, 0.29) is 12.2 Å². The van der Waals surface area contributed by atoms with E-state index in [1.54, 1.807) is 24.3 Å². The van der Waals surface area contributed by atoms with Gasteiger partial charge in [-0.05, 0) is 37.1 Å². The minimum absolute atomic E-state index is 0.160. The molecule has 110 valence electrons. The zero-order valence-electron chi connectivity index (χ0n) is 11.6. The maximum atomic E-state index is 11.9. The van der Waals surface area contributed by atoms with Crippen molar-refractivity contribution < 1.29 is 14.7 Å². The van der Waals surface area contributed by atoms with Crippen LogP contribution in [0.15, 0.2) is 24.3 Å². The summed E-state index contributed by atoms with van der Waals surface area (Å²) in [5.74, 6) is -0.564. The highest BCUT2D eigenvalue weighted by Gasteiger charge is 2.05. The lowest BCUT2D eigenvalue weighted by Crippen LogP contribution is -1.98. The number of carboxylic acids is 1. The van der Waals surface area contributed by atoms with E-state index in [0.717, 1.165) is 44.1 Å². The molecular formula is C16H21ClO3. The van der Waals surface area contributed by atoms with Gasteiger partial charge in [-0.25, -0.2) is 0 Å². The average Bonchev–Trinajstić information content (AvgIpc) is 2.42. The normalized spacial score (nSPS) is 10.4. The quantitative estimate of drug-likeness (QED) is 0.502. The van der Waals surface area contributed by atoms with E-state index < -0.39 is 5.97 Å². The fourth-order valence-corrected chi connectivity index (χ4v) is 2.17. The number of Topliss-reactive ketones (excluding diaryl/α,β-unsaturated/α-hetero) is 1. The number of carbonyl (C=O) groups is 2. The lowest BCUT2D eigenvalue weighted by atomic mass is 10.0. The Hall–Kier alpha value is -1.35.